The monoisotopic (exact) mass is 329 g/mol. The van der Waals surface area contributed by atoms with Gasteiger partial charge in [0.1, 0.15) is 12.7 Å². The van der Waals surface area contributed by atoms with Gasteiger partial charge in [-0.1, -0.05) is 6.42 Å². The number of likely N-dealkylation sites (tertiary alicyclic amines) is 1. The van der Waals surface area contributed by atoms with E-state index in [9.17, 15) is 9.59 Å². The van der Waals surface area contributed by atoms with Gasteiger partial charge in [0.15, 0.2) is 0 Å². The van der Waals surface area contributed by atoms with Crippen molar-refractivity contribution in [2.24, 2.45) is 5.41 Å². The van der Waals surface area contributed by atoms with Crippen LogP contribution in [0.15, 0.2) is 12.7 Å². The standard InChI is InChI=1S/C17H23N5O2/c23-13(19-9-16(7-8-16)22-12-18-11-20-22)14(24)21-10-15(3-1-4-15)17(21)5-2-6-17/h11-12H,1-10H2,(H,19,23). The van der Waals surface area contributed by atoms with Gasteiger partial charge >= 0.3 is 11.8 Å². The minimum atomic E-state index is -0.457. The third-order valence-electron chi connectivity index (χ3n) is 7.21. The number of hydrogen-bond donors (Lipinski definition) is 1. The zero-order chi connectivity index (χ0) is 16.4. The number of rotatable bonds is 3. The Morgan fingerprint density at radius 1 is 1.08 bits per heavy atom. The van der Waals surface area contributed by atoms with Crippen LogP contribution in [-0.4, -0.2) is 50.1 Å². The van der Waals surface area contributed by atoms with Crippen molar-refractivity contribution in [3.63, 3.8) is 0 Å². The third kappa shape index (κ3) is 1.67. The lowest BCUT2D eigenvalue weighted by molar-refractivity contribution is -0.232. The van der Waals surface area contributed by atoms with Crippen molar-refractivity contribution < 1.29 is 9.59 Å². The minimum absolute atomic E-state index is 0.0167. The number of carbonyl (C=O) groups excluding carboxylic acids is 2. The molecule has 1 saturated heterocycles. The lowest BCUT2D eigenvalue weighted by atomic mass is 9.44. The zero-order valence-electron chi connectivity index (χ0n) is 13.8. The molecule has 0 aromatic carbocycles. The number of hydrogen-bond acceptors (Lipinski definition) is 4. The van der Waals surface area contributed by atoms with Gasteiger partial charge in [-0.05, 0) is 44.9 Å². The van der Waals surface area contributed by atoms with Crippen LogP contribution in [0, 0.1) is 5.41 Å². The van der Waals surface area contributed by atoms with Crippen molar-refractivity contribution in [2.45, 2.75) is 62.4 Å². The van der Waals surface area contributed by atoms with Gasteiger partial charge in [0.25, 0.3) is 0 Å². The van der Waals surface area contributed by atoms with Crippen LogP contribution in [0.25, 0.3) is 0 Å². The number of fused-ring (bicyclic) bond motifs is 1. The first-order valence-corrected chi connectivity index (χ1v) is 9.06. The molecule has 7 nitrogen and oxygen atoms in total. The first-order chi connectivity index (χ1) is 11.6. The van der Waals surface area contributed by atoms with Gasteiger partial charge in [-0.3, -0.25) is 9.59 Å². The maximum Gasteiger partial charge on any atom is 0.312 e. The molecule has 24 heavy (non-hydrogen) atoms. The van der Waals surface area contributed by atoms with Crippen LogP contribution < -0.4 is 5.32 Å². The van der Waals surface area contributed by atoms with Crippen LogP contribution in [-0.2, 0) is 15.1 Å². The molecular formula is C17H23N5O2. The number of nitrogens with zero attached hydrogens (tertiary/aromatic N) is 4. The molecule has 0 bridgehead atoms. The minimum Gasteiger partial charge on any atom is -0.345 e. The molecule has 4 fully saturated rings. The van der Waals surface area contributed by atoms with Crippen molar-refractivity contribution in [3.05, 3.63) is 12.7 Å². The average molecular weight is 329 g/mol. The normalized spacial score (nSPS) is 27.1. The molecular weight excluding hydrogens is 306 g/mol. The maximum absolute atomic E-state index is 12.7. The molecule has 128 valence electrons. The molecule has 1 aromatic heterocycles. The quantitative estimate of drug-likeness (QED) is 0.833. The summed E-state index contributed by atoms with van der Waals surface area (Å²) in [6, 6.07) is 0. The van der Waals surface area contributed by atoms with E-state index in [4.69, 9.17) is 0 Å². The first kappa shape index (κ1) is 14.4. The predicted molar refractivity (Wildman–Crippen MR) is 84.8 cm³/mol. The summed E-state index contributed by atoms with van der Waals surface area (Å²) in [5.41, 5.74) is 0.188. The zero-order valence-corrected chi connectivity index (χ0v) is 13.8. The smallest absolute Gasteiger partial charge is 0.312 e. The molecule has 3 aliphatic carbocycles. The largest absolute Gasteiger partial charge is 0.345 e. The fraction of sp³-hybridized carbons (Fsp3) is 0.765. The molecule has 3 saturated carbocycles. The molecule has 5 rings (SSSR count). The van der Waals surface area contributed by atoms with Gasteiger partial charge in [-0.2, -0.15) is 5.10 Å². The van der Waals surface area contributed by atoms with Crippen molar-refractivity contribution in [2.75, 3.05) is 13.1 Å². The second-order valence-corrected chi connectivity index (χ2v) is 8.16. The molecule has 0 atom stereocenters. The summed E-state index contributed by atoms with van der Waals surface area (Å²) in [6.45, 7) is 1.24. The summed E-state index contributed by atoms with van der Waals surface area (Å²) >= 11 is 0. The second-order valence-electron chi connectivity index (χ2n) is 8.16. The second kappa shape index (κ2) is 4.58. The van der Waals surface area contributed by atoms with E-state index >= 15 is 0 Å². The third-order valence-corrected chi connectivity index (χ3v) is 7.21. The Morgan fingerprint density at radius 3 is 2.33 bits per heavy atom. The van der Waals surface area contributed by atoms with E-state index in [-0.39, 0.29) is 17.0 Å². The maximum atomic E-state index is 12.7. The van der Waals surface area contributed by atoms with Crippen LogP contribution in [0.5, 0.6) is 0 Å². The Labute approximate surface area is 140 Å². The molecule has 7 heteroatoms. The number of carbonyl (C=O) groups is 2. The van der Waals surface area contributed by atoms with Crippen LogP contribution in [0.2, 0.25) is 0 Å². The summed E-state index contributed by atoms with van der Waals surface area (Å²) in [4.78, 5) is 30.9. The Balaban J connectivity index is 1.23. The van der Waals surface area contributed by atoms with Gasteiger partial charge in [0, 0.05) is 18.5 Å². The molecule has 1 aromatic rings. The molecule has 2 spiro atoms. The van der Waals surface area contributed by atoms with E-state index in [2.05, 4.69) is 15.4 Å². The Morgan fingerprint density at radius 2 is 1.83 bits per heavy atom. The Kier molecular flexibility index (Phi) is 2.75. The van der Waals surface area contributed by atoms with E-state index in [0.717, 1.165) is 32.2 Å². The summed E-state index contributed by atoms with van der Waals surface area (Å²) in [7, 11) is 0. The Hall–Kier alpha value is -1.92. The highest BCUT2D eigenvalue weighted by Gasteiger charge is 2.70. The van der Waals surface area contributed by atoms with Gasteiger partial charge in [0.2, 0.25) is 0 Å². The highest BCUT2D eigenvalue weighted by molar-refractivity contribution is 6.35. The fourth-order valence-electron chi connectivity index (χ4n) is 5.13. The SMILES string of the molecule is O=C(NCC1(n2cncn2)CC1)C(=O)N1CC2(CCC2)C12CCC2. The summed E-state index contributed by atoms with van der Waals surface area (Å²) < 4.78 is 1.80. The summed E-state index contributed by atoms with van der Waals surface area (Å²) in [6.07, 6.45) is 12.2. The summed E-state index contributed by atoms with van der Waals surface area (Å²) in [5, 5.41) is 7.03. The number of nitrogens with one attached hydrogen (secondary N) is 1. The number of amides is 2. The lowest BCUT2D eigenvalue weighted by Crippen LogP contribution is -2.81. The van der Waals surface area contributed by atoms with E-state index < -0.39 is 5.91 Å². The number of aromatic nitrogens is 3. The lowest BCUT2D eigenvalue weighted by Gasteiger charge is -2.74. The van der Waals surface area contributed by atoms with Crippen molar-refractivity contribution in [1.29, 1.82) is 0 Å². The predicted octanol–water partition coefficient (Wildman–Crippen LogP) is 0.819. The van der Waals surface area contributed by atoms with Crippen molar-refractivity contribution in [3.8, 4) is 0 Å². The van der Waals surface area contributed by atoms with E-state index in [1.54, 1.807) is 11.0 Å². The van der Waals surface area contributed by atoms with Gasteiger partial charge in [0.05, 0.1) is 11.1 Å². The first-order valence-electron chi connectivity index (χ1n) is 9.06. The van der Waals surface area contributed by atoms with Crippen molar-refractivity contribution >= 4 is 11.8 Å². The van der Waals surface area contributed by atoms with Gasteiger partial charge in [-0.25, -0.2) is 9.67 Å². The highest BCUT2D eigenvalue weighted by atomic mass is 16.2. The van der Waals surface area contributed by atoms with Gasteiger partial charge < -0.3 is 10.2 Å². The average Bonchev–Trinajstić information content (AvgIpc) is 3.03. The summed E-state index contributed by atoms with van der Waals surface area (Å²) in [5.74, 6) is -0.788. The van der Waals surface area contributed by atoms with E-state index in [1.165, 1.54) is 32.0 Å². The topological polar surface area (TPSA) is 80.1 Å². The van der Waals surface area contributed by atoms with E-state index in [0.29, 0.717) is 12.0 Å². The molecule has 0 radical (unpaired) electrons. The Bertz CT molecular complexity index is 686. The molecule has 1 N–H and O–H groups in total. The van der Waals surface area contributed by atoms with Crippen LogP contribution in [0.1, 0.15) is 51.4 Å². The van der Waals surface area contributed by atoms with Gasteiger partial charge in [-0.15, -0.1) is 0 Å². The van der Waals surface area contributed by atoms with Crippen LogP contribution >= 0.6 is 0 Å². The molecule has 2 heterocycles. The van der Waals surface area contributed by atoms with Crippen molar-refractivity contribution in [1.82, 2.24) is 25.0 Å². The molecule has 0 unspecified atom stereocenters. The van der Waals surface area contributed by atoms with Crippen LogP contribution in [0.3, 0.4) is 0 Å². The molecule has 4 aliphatic rings. The molecule has 1 aliphatic heterocycles. The van der Waals surface area contributed by atoms with Crippen LogP contribution in [0.4, 0.5) is 0 Å². The molecule has 2 amide bonds. The van der Waals surface area contributed by atoms with E-state index in [1.807, 2.05) is 4.90 Å². The fourth-order valence-corrected chi connectivity index (χ4v) is 5.13. The highest BCUT2D eigenvalue weighted by Crippen LogP contribution is 2.66.